The van der Waals surface area contributed by atoms with Crippen molar-refractivity contribution < 1.29 is 9.59 Å². The highest BCUT2D eigenvalue weighted by Gasteiger charge is 2.31. The van der Waals surface area contributed by atoms with Crippen molar-refractivity contribution in [3.05, 3.63) is 71.7 Å². The smallest absolute Gasteiger partial charge is 0.326 e. The summed E-state index contributed by atoms with van der Waals surface area (Å²) in [4.78, 5) is 27.1. The number of hydrogen-bond donors (Lipinski definition) is 3. The van der Waals surface area contributed by atoms with Crippen LogP contribution in [-0.4, -0.2) is 35.8 Å². The summed E-state index contributed by atoms with van der Waals surface area (Å²) in [6, 6.07) is 7.70. The quantitative estimate of drug-likeness (QED) is 0.696. The summed E-state index contributed by atoms with van der Waals surface area (Å²) in [6.45, 7) is 1.28. The zero-order valence-corrected chi connectivity index (χ0v) is 17.6. The summed E-state index contributed by atoms with van der Waals surface area (Å²) in [5.41, 5.74) is 5.24. The molecule has 1 unspecified atom stereocenters. The third-order valence-corrected chi connectivity index (χ3v) is 6.63. The second kappa shape index (κ2) is 8.55. The Labute approximate surface area is 182 Å². The van der Waals surface area contributed by atoms with Gasteiger partial charge in [0.1, 0.15) is 0 Å². The van der Waals surface area contributed by atoms with Gasteiger partial charge in [-0.1, -0.05) is 31.1 Å². The summed E-state index contributed by atoms with van der Waals surface area (Å²) in [5, 5.41) is 9.41. The van der Waals surface area contributed by atoms with Gasteiger partial charge in [0.05, 0.1) is 12.6 Å². The Bertz CT molecular complexity index is 997. The molecule has 31 heavy (non-hydrogen) atoms. The molecule has 1 aliphatic carbocycles. The third kappa shape index (κ3) is 4.21. The summed E-state index contributed by atoms with van der Waals surface area (Å²) in [6.07, 6.45) is 15.0. The molecule has 1 fully saturated rings. The number of benzene rings is 1. The first-order valence-corrected chi connectivity index (χ1v) is 11.2. The average molecular weight is 417 g/mol. The molecule has 6 heteroatoms. The van der Waals surface area contributed by atoms with Crippen LogP contribution < -0.4 is 16.0 Å². The fourth-order valence-corrected chi connectivity index (χ4v) is 4.86. The van der Waals surface area contributed by atoms with Crippen LogP contribution in [-0.2, 0) is 4.79 Å². The van der Waals surface area contributed by atoms with Crippen LogP contribution in [0, 0.1) is 5.92 Å². The van der Waals surface area contributed by atoms with E-state index in [9.17, 15) is 9.59 Å². The molecule has 0 bridgehead atoms. The lowest BCUT2D eigenvalue weighted by molar-refractivity contribution is -0.124. The molecule has 3 N–H and O–H groups in total. The Morgan fingerprint density at radius 3 is 2.65 bits per heavy atom. The van der Waals surface area contributed by atoms with Crippen molar-refractivity contribution in [2.75, 3.05) is 18.4 Å². The van der Waals surface area contributed by atoms with E-state index < -0.39 is 0 Å². The molecule has 5 rings (SSSR count). The molecule has 1 atom stereocenters. The van der Waals surface area contributed by atoms with Crippen molar-refractivity contribution in [1.29, 1.82) is 0 Å². The minimum atomic E-state index is -0.146. The zero-order chi connectivity index (χ0) is 21.2. The van der Waals surface area contributed by atoms with E-state index in [0.717, 1.165) is 48.2 Å². The van der Waals surface area contributed by atoms with Crippen LogP contribution in [0.1, 0.15) is 37.7 Å². The van der Waals surface area contributed by atoms with E-state index in [4.69, 9.17) is 0 Å². The third-order valence-electron chi connectivity index (χ3n) is 6.63. The molecule has 0 radical (unpaired) electrons. The van der Waals surface area contributed by atoms with Crippen LogP contribution in [0.4, 0.5) is 10.5 Å². The maximum absolute atomic E-state index is 12.8. The highest BCUT2D eigenvalue weighted by Crippen LogP contribution is 2.31. The second-order valence-corrected chi connectivity index (χ2v) is 8.67. The molecule has 6 nitrogen and oxygen atoms in total. The number of nitrogens with zero attached hydrogens (tertiary/aromatic N) is 1. The van der Waals surface area contributed by atoms with Crippen LogP contribution in [0.25, 0.3) is 5.57 Å². The van der Waals surface area contributed by atoms with Gasteiger partial charge in [0.25, 0.3) is 0 Å². The summed E-state index contributed by atoms with van der Waals surface area (Å²) < 4.78 is 0. The Hall–Kier alpha value is -3.12. The van der Waals surface area contributed by atoms with E-state index in [1.807, 2.05) is 48.9 Å². The zero-order valence-electron chi connectivity index (χ0n) is 17.6. The van der Waals surface area contributed by atoms with Gasteiger partial charge in [-0.3, -0.25) is 9.69 Å². The number of hydrogen-bond acceptors (Lipinski definition) is 4. The number of allylic oxidation sites excluding steroid dienone is 1. The summed E-state index contributed by atoms with van der Waals surface area (Å²) >= 11 is 0. The van der Waals surface area contributed by atoms with Gasteiger partial charge in [0, 0.05) is 36.7 Å². The van der Waals surface area contributed by atoms with Crippen LogP contribution in [0.15, 0.2) is 66.2 Å². The number of amides is 2. The Morgan fingerprint density at radius 2 is 1.87 bits per heavy atom. The highest BCUT2D eigenvalue weighted by atomic mass is 16.2. The van der Waals surface area contributed by atoms with Gasteiger partial charge >= 0.3 is 6.03 Å². The molecule has 0 aromatic heterocycles. The lowest BCUT2D eigenvalue weighted by Crippen LogP contribution is -2.42. The first kappa shape index (κ1) is 19.8. The minimum Gasteiger partial charge on any atom is -0.367 e. The fourth-order valence-electron chi connectivity index (χ4n) is 4.86. The predicted molar refractivity (Wildman–Crippen MR) is 122 cm³/mol. The van der Waals surface area contributed by atoms with Gasteiger partial charge in [-0.25, -0.2) is 4.79 Å². The molecule has 1 aromatic rings. The largest absolute Gasteiger partial charge is 0.367 e. The van der Waals surface area contributed by atoms with E-state index in [1.54, 1.807) is 4.90 Å². The van der Waals surface area contributed by atoms with Crippen molar-refractivity contribution in [3.63, 3.8) is 0 Å². The lowest BCUT2D eigenvalue weighted by Gasteiger charge is -2.26. The Balaban J connectivity index is 1.20. The van der Waals surface area contributed by atoms with E-state index in [1.165, 1.54) is 18.4 Å². The number of dihydropyridines is 1. The molecule has 4 aliphatic rings. The number of ketones is 1. The molecule has 2 amide bonds. The maximum Gasteiger partial charge on any atom is 0.326 e. The van der Waals surface area contributed by atoms with E-state index in [0.29, 0.717) is 12.3 Å². The van der Waals surface area contributed by atoms with Crippen molar-refractivity contribution in [2.24, 2.45) is 5.92 Å². The van der Waals surface area contributed by atoms with Gasteiger partial charge in [0.2, 0.25) is 0 Å². The normalized spacial score (nSPS) is 22.9. The number of carbonyl (C=O) groups is 2. The minimum absolute atomic E-state index is 0.0768. The van der Waals surface area contributed by atoms with Gasteiger partial charge in [0.15, 0.2) is 5.78 Å². The van der Waals surface area contributed by atoms with Crippen molar-refractivity contribution in [2.45, 2.75) is 38.1 Å². The molecule has 1 aromatic carbocycles. The predicted octanol–water partition coefficient (Wildman–Crippen LogP) is 3.92. The van der Waals surface area contributed by atoms with Crippen molar-refractivity contribution in [1.82, 2.24) is 15.5 Å². The molecule has 3 aliphatic heterocycles. The number of Topliss-reactive ketones (excluding diaryl/α,β-unsaturated/α-hetero) is 1. The highest BCUT2D eigenvalue weighted by molar-refractivity contribution is 5.92. The molecule has 0 spiro atoms. The van der Waals surface area contributed by atoms with Crippen LogP contribution in [0.2, 0.25) is 0 Å². The topological polar surface area (TPSA) is 73.5 Å². The number of fused-ring (bicyclic) bond motifs is 1. The average Bonchev–Trinajstić information content (AvgIpc) is 3.49. The maximum atomic E-state index is 12.8. The van der Waals surface area contributed by atoms with Crippen LogP contribution >= 0.6 is 0 Å². The molecule has 3 heterocycles. The molecule has 160 valence electrons. The molecule has 0 saturated heterocycles. The van der Waals surface area contributed by atoms with Gasteiger partial charge in [-0.15, -0.1) is 0 Å². The van der Waals surface area contributed by atoms with Gasteiger partial charge in [-0.2, -0.15) is 0 Å². The Morgan fingerprint density at radius 1 is 1.06 bits per heavy atom. The van der Waals surface area contributed by atoms with Crippen LogP contribution in [0.3, 0.4) is 0 Å². The van der Waals surface area contributed by atoms with E-state index in [-0.39, 0.29) is 18.0 Å². The number of nitrogens with one attached hydrogen (secondary N) is 3. The molecular formula is C25H28N4O2. The van der Waals surface area contributed by atoms with Crippen LogP contribution in [0.5, 0.6) is 0 Å². The van der Waals surface area contributed by atoms with E-state index >= 15 is 0 Å². The number of rotatable bonds is 4. The lowest BCUT2D eigenvalue weighted by atomic mass is 9.88. The number of urea groups is 1. The monoisotopic (exact) mass is 416 g/mol. The summed E-state index contributed by atoms with van der Waals surface area (Å²) in [5.74, 6) is 0.619. The Kier molecular flexibility index (Phi) is 5.47. The van der Waals surface area contributed by atoms with Crippen molar-refractivity contribution in [3.8, 4) is 0 Å². The fraction of sp³-hybridized carbons (Fsp3) is 0.360. The number of anilines is 1. The molecular weight excluding hydrogens is 388 g/mol. The first-order valence-electron chi connectivity index (χ1n) is 11.2. The standard InChI is InChI=1S/C25H28N4O2/c30-24(18-3-1-2-4-18)23-13-19(10-12-27-23)17-5-7-22(8-6-17)28-25(31)29-15-20-9-11-26-14-21(20)16-29/h5-11,14-15,18,23,26-27H,1-4,12-13,16H2,(H,28,31). The second-order valence-electron chi connectivity index (χ2n) is 8.67. The van der Waals surface area contributed by atoms with Crippen molar-refractivity contribution >= 4 is 23.1 Å². The van der Waals surface area contributed by atoms with Gasteiger partial charge < -0.3 is 16.0 Å². The molecule has 1 saturated carbocycles. The SMILES string of the molecule is O=C(C1CCCC1)C1CC(c2ccc(NC(=O)N3C=C4C=CNC=C4C3)cc2)=CCN1. The first-order chi connectivity index (χ1) is 15.2. The van der Waals surface area contributed by atoms with E-state index in [2.05, 4.69) is 22.0 Å². The number of carbonyl (C=O) groups excluding carboxylic acids is 2. The summed E-state index contributed by atoms with van der Waals surface area (Å²) in [7, 11) is 0. The van der Waals surface area contributed by atoms with Gasteiger partial charge in [-0.05, 0) is 59.8 Å².